The van der Waals surface area contributed by atoms with Crippen LogP contribution in [0.1, 0.15) is 11.1 Å². The minimum atomic E-state index is -0.927. The molecule has 0 fully saturated rings. The lowest BCUT2D eigenvalue weighted by Crippen LogP contribution is -2.35. The Morgan fingerprint density at radius 3 is 1.68 bits per heavy atom. The third-order valence-corrected chi connectivity index (χ3v) is 2.33. The third kappa shape index (κ3) is 4.93. The van der Waals surface area contributed by atoms with Gasteiger partial charge in [0.25, 0.3) is 0 Å². The fourth-order valence-electron chi connectivity index (χ4n) is 1.34. The van der Waals surface area contributed by atoms with Crippen LogP contribution in [-0.2, 0) is 9.59 Å². The summed E-state index contributed by atoms with van der Waals surface area (Å²) in [5, 5.41) is 7.28. The van der Waals surface area contributed by atoms with E-state index in [1.807, 2.05) is 0 Å². The van der Waals surface area contributed by atoms with Gasteiger partial charge in [0, 0.05) is 35.9 Å². The highest BCUT2D eigenvalue weighted by Gasteiger charge is 2.10. The van der Waals surface area contributed by atoms with Gasteiger partial charge in [-0.2, -0.15) is 10.2 Å². The van der Waals surface area contributed by atoms with Gasteiger partial charge >= 0.3 is 11.8 Å². The van der Waals surface area contributed by atoms with Crippen LogP contribution in [0.15, 0.2) is 59.3 Å². The number of rotatable bonds is 4. The van der Waals surface area contributed by atoms with Gasteiger partial charge in [0.2, 0.25) is 0 Å². The van der Waals surface area contributed by atoms with Gasteiger partial charge in [-0.05, 0) is 12.1 Å². The van der Waals surface area contributed by atoms with Gasteiger partial charge in [0.05, 0.1) is 12.4 Å². The molecule has 2 aromatic rings. The summed E-state index contributed by atoms with van der Waals surface area (Å²) in [7, 11) is 0. The molecule has 8 heteroatoms. The van der Waals surface area contributed by atoms with E-state index in [9.17, 15) is 9.59 Å². The van der Waals surface area contributed by atoms with Crippen LogP contribution in [-0.4, -0.2) is 34.2 Å². The molecule has 2 aromatic heterocycles. The van der Waals surface area contributed by atoms with Crippen LogP contribution in [0.4, 0.5) is 0 Å². The van der Waals surface area contributed by atoms with Crippen molar-refractivity contribution in [2.45, 2.75) is 0 Å². The van der Waals surface area contributed by atoms with E-state index >= 15 is 0 Å². The topological polar surface area (TPSA) is 109 Å². The number of carbonyl (C=O) groups is 2. The maximum atomic E-state index is 11.4. The van der Waals surface area contributed by atoms with Gasteiger partial charge in [0.15, 0.2) is 0 Å². The van der Waals surface area contributed by atoms with E-state index in [1.165, 1.54) is 12.4 Å². The molecule has 2 rings (SSSR count). The van der Waals surface area contributed by atoms with Crippen molar-refractivity contribution in [1.82, 2.24) is 20.8 Å². The van der Waals surface area contributed by atoms with Crippen molar-refractivity contribution >= 4 is 24.2 Å². The first-order valence-corrected chi connectivity index (χ1v) is 6.22. The Morgan fingerprint density at radius 2 is 1.32 bits per heavy atom. The van der Waals surface area contributed by atoms with Crippen LogP contribution >= 0.6 is 0 Å². The lowest BCUT2D eigenvalue weighted by Gasteiger charge is -1.98. The number of nitrogens with zero attached hydrogens (tertiary/aromatic N) is 4. The molecule has 0 atom stereocenters. The zero-order valence-electron chi connectivity index (χ0n) is 11.4. The number of hydrogen-bond donors (Lipinski definition) is 2. The highest BCUT2D eigenvalue weighted by Crippen LogP contribution is 1.90. The van der Waals surface area contributed by atoms with Gasteiger partial charge in [-0.1, -0.05) is 12.1 Å². The first-order valence-electron chi connectivity index (χ1n) is 6.22. The zero-order chi connectivity index (χ0) is 15.6. The van der Waals surface area contributed by atoms with E-state index in [2.05, 4.69) is 31.0 Å². The fraction of sp³-hybridized carbons (Fsp3) is 0. The van der Waals surface area contributed by atoms with Gasteiger partial charge in [0.1, 0.15) is 0 Å². The van der Waals surface area contributed by atoms with E-state index in [0.717, 1.165) is 0 Å². The molecule has 0 aromatic carbocycles. The Kier molecular flexibility index (Phi) is 5.45. The summed E-state index contributed by atoms with van der Waals surface area (Å²) in [5.41, 5.74) is 5.55. The van der Waals surface area contributed by atoms with E-state index in [4.69, 9.17) is 0 Å². The molecule has 2 N–H and O–H groups in total. The average molecular weight is 296 g/mol. The van der Waals surface area contributed by atoms with Crippen LogP contribution in [0.25, 0.3) is 0 Å². The zero-order valence-corrected chi connectivity index (χ0v) is 11.4. The maximum Gasteiger partial charge on any atom is 0.331 e. The Morgan fingerprint density at radius 1 is 0.864 bits per heavy atom. The molecular formula is C14H12N6O2. The van der Waals surface area contributed by atoms with Gasteiger partial charge in [-0.15, -0.1) is 0 Å². The molecule has 0 aliphatic rings. The van der Waals surface area contributed by atoms with Crippen LogP contribution in [0.3, 0.4) is 0 Å². The second kappa shape index (κ2) is 8.00. The Labute approximate surface area is 126 Å². The van der Waals surface area contributed by atoms with Crippen molar-refractivity contribution in [2.75, 3.05) is 0 Å². The summed E-state index contributed by atoms with van der Waals surface area (Å²) in [6, 6.07) is 6.95. The Hall–Kier alpha value is -3.42. The number of amides is 2. The van der Waals surface area contributed by atoms with Crippen molar-refractivity contribution in [1.29, 1.82) is 0 Å². The number of carbonyl (C=O) groups excluding carboxylic acids is 2. The average Bonchev–Trinajstić information content (AvgIpc) is 2.56. The van der Waals surface area contributed by atoms with Crippen molar-refractivity contribution in [2.24, 2.45) is 10.2 Å². The minimum absolute atomic E-state index is 0.692. The van der Waals surface area contributed by atoms with Crippen LogP contribution in [0.5, 0.6) is 0 Å². The maximum absolute atomic E-state index is 11.4. The minimum Gasteiger partial charge on any atom is -0.264 e. The lowest BCUT2D eigenvalue weighted by atomic mass is 10.3. The van der Waals surface area contributed by atoms with Crippen molar-refractivity contribution in [3.05, 3.63) is 60.2 Å². The molecule has 0 radical (unpaired) electrons. The molecule has 0 aliphatic heterocycles. The molecule has 0 bridgehead atoms. The Bertz CT molecular complexity index is 623. The number of nitrogens with one attached hydrogen (secondary N) is 2. The van der Waals surface area contributed by atoms with Crippen LogP contribution < -0.4 is 10.9 Å². The van der Waals surface area contributed by atoms with Crippen molar-refractivity contribution in [3.63, 3.8) is 0 Å². The highest BCUT2D eigenvalue weighted by atomic mass is 16.2. The molecule has 8 nitrogen and oxygen atoms in total. The smallest absolute Gasteiger partial charge is 0.264 e. The quantitative estimate of drug-likeness (QED) is 0.473. The molecule has 2 heterocycles. The fourth-order valence-corrected chi connectivity index (χ4v) is 1.34. The first kappa shape index (κ1) is 15.0. The molecule has 2 amide bonds. The number of aromatic nitrogens is 2. The second-order valence-electron chi connectivity index (χ2n) is 3.97. The van der Waals surface area contributed by atoms with Gasteiger partial charge < -0.3 is 0 Å². The summed E-state index contributed by atoms with van der Waals surface area (Å²) in [6.45, 7) is 0. The first-order chi connectivity index (χ1) is 10.8. The normalized spacial score (nSPS) is 10.7. The molecule has 0 aliphatic carbocycles. The number of hydrogen-bond acceptors (Lipinski definition) is 6. The molecular weight excluding hydrogens is 284 g/mol. The van der Waals surface area contributed by atoms with Gasteiger partial charge in [-0.3, -0.25) is 19.6 Å². The summed E-state index contributed by atoms with van der Waals surface area (Å²) < 4.78 is 0. The predicted octanol–water partition coefficient (Wildman–Crippen LogP) is 0.0770. The van der Waals surface area contributed by atoms with E-state index < -0.39 is 11.8 Å². The predicted molar refractivity (Wildman–Crippen MR) is 79.9 cm³/mol. The van der Waals surface area contributed by atoms with Crippen LogP contribution in [0.2, 0.25) is 0 Å². The third-order valence-electron chi connectivity index (χ3n) is 2.33. The standard InChI is InChI=1S/C14H12N6O2/c21-13(19-17-9-11-3-1-5-15-7-11)14(22)20-18-10-12-4-2-6-16-8-12/h1-10H,(H,19,21)(H,20,22)/b17-9-,18-10-. The van der Waals surface area contributed by atoms with Crippen LogP contribution in [0, 0.1) is 0 Å². The molecule has 0 saturated heterocycles. The van der Waals surface area contributed by atoms with Gasteiger partial charge in [-0.25, -0.2) is 10.9 Å². The number of hydrazone groups is 2. The second-order valence-corrected chi connectivity index (χ2v) is 3.97. The summed E-state index contributed by atoms with van der Waals surface area (Å²) >= 11 is 0. The monoisotopic (exact) mass is 296 g/mol. The highest BCUT2D eigenvalue weighted by molar-refractivity contribution is 6.35. The molecule has 110 valence electrons. The largest absolute Gasteiger partial charge is 0.331 e. The summed E-state index contributed by atoms with van der Waals surface area (Å²) in [5.74, 6) is -1.85. The molecule has 0 saturated carbocycles. The van der Waals surface area contributed by atoms with E-state index in [0.29, 0.717) is 11.1 Å². The van der Waals surface area contributed by atoms with E-state index in [-0.39, 0.29) is 0 Å². The molecule has 0 unspecified atom stereocenters. The van der Waals surface area contributed by atoms with Crippen molar-refractivity contribution < 1.29 is 9.59 Å². The van der Waals surface area contributed by atoms with E-state index in [1.54, 1.807) is 49.1 Å². The van der Waals surface area contributed by atoms with Crippen molar-refractivity contribution in [3.8, 4) is 0 Å². The lowest BCUT2D eigenvalue weighted by molar-refractivity contribution is -0.139. The molecule has 0 spiro atoms. The SMILES string of the molecule is O=C(N/N=C\c1cccnc1)C(=O)N/N=C\c1cccnc1. The summed E-state index contributed by atoms with van der Waals surface area (Å²) in [4.78, 5) is 30.6. The number of pyridine rings is 2. The summed E-state index contributed by atoms with van der Waals surface area (Å²) in [6.07, 6.45) is 9.10. The molecule has 22 heavy (non-hydrogen) atoms. The Balaban J connectivity index is 1.79.